The first kappa shape index (κ1) is 17.4. The summed E-state index contributed by atoms with van der Waals surface area (Å²) in [6, 6.07) is 0. The first-order chi connectivity index (χ1) is 11.1. The third-order valence-corrected chi connectivity index (χ3v) is 4.54. The highest BCUT2D eigenvalue weighted by Crippen LogP contribution is 2.38. The fourth-order valence-electron chi connectivity index (χ4n) is 3.57. The van der Waals surface area contributed by atoms with Gasteiger partial charge in [0.25, 0.3) is 0 Å². The molecular formula is C19H26N2O2. The molecule has 2 aromatic rings. The van der Waals surface area contributed by atoms with Crippen LogP contribution in [0.1, 0.15) is 49.9 Å². The van der Waals surface area contributed by atoms with Crippen LogP contribution in [0.3, 0.4) is 0 Å². The molecule has 2 radical (unpaired) electrons. The summed E-state index contributed by atoms with van der Waals surface area (Å²) >= 11 is 0. The molecule has 0 unspecified atom stereocenters. The Kier molecular flexibility index (Phi) is 5.34. The number of aryl methyl sites for hydroxylation is 3. The van der Waals surface area contributed by atoms with E-state index in [1.54, 1.807) is 0 Å². The van der Waals surface area contributed by atoms with Crippen molar-refractivity contribution >= 4 is 22.3 Å². The van der Waals surface area contributed by atoms with Gasteiger partial charge in [0.15, 0.2) is 0 Å². The van der Waals surface area contributed by atoms with E-state index in [4.69, 9.17) is 4.42 Å². The standard InChI is InChI=1S/C19H26N2O2/c1-7-11-12(8-2)18-15(13(9-3)16(11)20-5)14(10-4)17(21-6)19(22)23-18/h20-21H,5-10H2,1-4H3. The molecule has 2 N–H and O–H groups in total. The van der Waals surface area contributed by atoms with E-state index in [9.17, 15) is 4.79 Å². The van der Waals surface area contributed by atoms with Gasteiger partial charge in [-0.25, -0.2) is 4.79 Å². The van der Waals surface area contributed by atoms with E-state index in [2.05, 4.69) is 45.5 Å². The summed E-state index contributed by atoms with van der Waals surface area (Å²) in [4.78, 5) is 12.4. The molecule has 0 spiro atoms. The molecule has 1 heterocycles. The average molecular weight is 314 g/mol. The lowest BCUT2D eigenvalue weighted by Crippen LogP contribution is -2.13. The molecule has 4 nitrogen and oxygen atoms in total. The number of hydrogen-bond donors (Lipinski definition) is 2. The van der Waals surface area contributed by atoms with Crippen LogP contribution in [0.5, 0.6) is 0 Å². The van der Waals surface area contributed by atoms with Gasteiger partial charge in [-0.15, -0.1) is 0 Å². The van der Waals surface area contributed by atoms with Crippen molar-refractivity contribution in [3.63, 3.8) is 0 Å². The van der Waals surface area contributed by atoms with Gasteiger partial charge in [0.2, 0.25) is 0 Å². The van der Waals surface area contributed by atoms with Gasteiger partial charge in [-0.3, -0.25) is 0 Å². The molecule has 0 aliphatic carbocycles. The predicted molar refractivity (Wildman–Crippen MR) is 98.0 cm³/mol. The summed E-state index contributed by atoms with van der Waals surface area (Å²) in [5.74, 6) is 0. The summed E-state index contributed by atoms with van der Waals surface area (Å²) in [7, 11) is 7.57. The van der Waals surface area contributed by atoms with Gasteiger partial charge in [0, 0.05) is 30.7 Å². The van der Waals surface area contributed by atoms with Crippen LogP contribution in [0, 0.1) is 14.1 Å². The minimum absolute atomic E-state index is 0.349. The highest BCUT2D eigenvalue weighted by molar-refractivity contribution is 5.96. The highest BCUT2D eigenvalue weighted by atomic mass is 16.4. The van der Waals surface area contributed by atoms with Crippen molar-refractivity contribution in [2.75, 3.05) is 10.6 Å². The van der Waals surface area contributed by atoms with E-state index >= 15 is 0 Å². The molecular weight excluding hydrogens is 288 g/mol. The topological polar surface area (TPSA) is 54.3 Å². The SMILES string of the molecule is [CH2]Nc1c(CC)c(CC)c2oc(=O)c(N[CH2])c(CC)c2c1CC. The lowest BCUT2D eigenvalue weighted by atomic mass is 9.89. The summed E-state index contributed by atoms with van der Waals surface area (Å²) < 4.78 is 5.73. The Labute approximate surface area is 138 Å². The molecule has 0 saturated carbocycles. The first-order valence-corrected chi connectivity index (χ1v) is 8.31. The quantitative estimate of drug-likeness (QED) is 0.773. The molecule has 4 heteroatoms. The molecule has 124 valence electrons. The van der Waals surface area contributed by atoms with Crippen molar-refractivity contribution in [2.24, 2.45) is 0 Å². The van der Waals surface area contributed by atoms with Crippen LogP contribution in [-0.2, 0) is 25.7 Å². The van der Waals surface area contributed by atoms with Gasteiger partial charge in [-0.1, -0.05) is 27.7 Å². The second-order valence-corrected chi connectivity index (χ2v) is 5.53. The Hall–Kier alpha value is -1.97. The summed E-state index contributed by atoms with van der Waals surface area (Å²) in [6.07, 6.45) is 3.24. The van der Waals surface area contributed by atoms with Gasteiger partial charge < -0.3 is 15.1 Å². The Balaban J connectivity index is 3.17. The number of anilines is 2. The Bertz CT molecular complexity index is 776. The highest BCUT2D eigenvalue weighted by Gasteiger charge is 2.22. The molecule has 0 saturated heterocycles. The van der Waals surface area contributed by atoms with Crippen molar-refractivity contribution in [1.82, 2.24) is 0 Å². The maximum absolute atomic E-state index is 12.4. The van der Waals surface area contributed by atoms with Crippen molar-refractivity contribution in [3.05, 3.63) is 46.8 Å². The Morgan fingerprint density at radius 2 is 1.26 bits per heavy atom. The minimum Gasteiger partial charge on any atom is -0.421 e. The van der Waals surface area contributed by atoms with Crippen LogP contribution in [-0.4, -0.2) is 0 Å². The van der Waals surface area contributed by atoms with Crippen molar-refractivity contribution in [1.29, 1.82) is 0 Å². The van der Waals surface area contributed by atoms with Crippen molar-refractivity contribution in [2.45, 2.75) is 53.4 Å². The van der Waals surface area contributed by atoms with Gasteiger partial charge in [0.1, 0.15) is 11.3 Å². The van der Waals surface area contributed by atoms with Crippen LogP contribution in [0.25, 0.3) is 11.0 Å². The Morgan fingerprint density at radius 3 is 1.70 bits per heavy atom. The van der Waals surface area contributed by atoms with Gasteiger partial charge in [0.05, 0.1) is 0 Å². The number of fused-ring (bicyclic) bond motifs is 1. The third kappa shape index (κ3) is 2.60. The predicted octanol–water partition coefficient (Wildman–Crippen LogP) is 4.45. The van der Waals surface area contributed by atoms with Crippen molar-refractivity contribution < 1.29 is 4.42 Å². The van der Waals surface area contributed by atoms with E-state index in [1.807, 2.05) is 6.92 Å². The molecule has 23 heavy (non-hydrogen) atoms. The van der Waals surface area contributed by atoms with Crippen LogP contribution in [0.2, 0.25) is 0 Å². The maximum atomic E-state index is 12.4. The maximum Gasteiger partial charge on any atom is 0.360 e. The molecule has 0 aliphatic rings. The van der Waals surface area contributed by atoms with E-state index in [0.29, 0.717) is 5.69 Å². The molecule has 0 bridgehead atoms. The van der Waals surface area contributed by atoms with Gasteiger partial charge in [-0.05, 0) is 42.4 Å². The molecule has 0 atom stereocenters. The lowest BCUT2D eigenvalue weighted by molar-refractivity contribution is 0.557. The zero-order chi connectivity index (χ0) is 17.1. The normalized spacial score (nSPS) is 11.0. The van der Waals surface area contributed by atoms with E-state index in [1.165, 1.54) is 5.56 Å². The van der Waals surface area contributed by atoms with Gasteiger partial charge >= 0.3 is 5.63 Å². The third-order valence-electron chi connectivity index (χ3n) is 4.54. The Morgan fingerprint density at radius 1 is 0.783 bits per heavy atom. The molecule has 0 fully saturated rings. The van der Waals surface area contributed by atoms with Crippen LogP contribution < -0.4 is 16.3 Å². The van der Waals surface area contributed by atoms with E-state index in [0.717, 1.165) is 59.0 Å². The number of nitrogens with one attached hydrogen (secondary N) is 2. The summed E-state index contributed by atoms with van der Waals surface area (Å²) in [5, 5.41) is 6.93. The molecule has 2 rings (SSSR count). The first-order valence-electron chi connectivity index (χ1n) is 8.31. The molecule has 0 amide bonds. The number of hydrogen-bond acceptors (Lipinski definition) is 4. The van der Waals surface area contributed by atoms with E-state index < -0.39 is 0 Å². The minimum atomic E-state index is -0.349. The number of rotatable bonds is 6. The molecule has 1 aromatic carbocycles. The largest absolute Gasteiger partial charge is 0.421 e. The van der Waals surface area contributed by atoms with Gasteiger partial charge in [-0.2, -0.15) is 0 Å². The fourth-order valence-corrected chi connectivity index (χ4v) is 3.57. The zero-order valence-corrected chi connectivity index (χ0v) is 14.6. The average Bonchev–Trinajstić information content (AvgIpc) is 2.57. The summed E-state index contributed by atoms with van der Waals surface area (Å²) in [6.45, 7) is 8.37. The van der Waals surface area contributed by atoms with Crippen LogP contribution in [0.4, 0.5) is 11.4 Å². The van der Waals surface area contributed by atoms with Crippen LogP contribution in [0.15, 0.2) is 9.21 Å². The monoisotopic (exact) mass is 314 g/mol. The lowest BCUT2D eigenvalue weighted by Gasteiger charge is -2.22. The van der Waals surface area contributed by atoms with Crippen molar-refractivity contribution in [3.8, 4) is 0 Å². The second kappa shape index (κ2) is 7.07. The fraction of sp³-hybridized carbons (Fsp3) is 0.421. The number of benzene rings is 1. The molecule has 0 aliphatic heterocycles. The molecule has 1 aromatic heterocycles. The summed E-state index contributed by atoms with van der Waals surface area (Å²) in [5.41, 5.74) is 6.30. The van der Waals surface area contributed by atoms with E-state index in [-0.39, 0.29) is 5.63 Å². The van der Waals surface area contributed by atoms with Crippen LogP contribution >= 0.6 is 0 Å². The zero-order valence-electron chi connectivity index (χ0n) is 14.6. The second-order valence-electron chi connectivity index (χ2n) is 5.53. The smallest absolute Gasteiger partial charge is 0.360 e.